The van der Waals surface area contributed by atoms with Gasteiger partial charge in [-0.3, -0.25) is 4.90 Å². The Kier molecular flexibility index (Phi) is 4.24. The van der Waals surface area contributed by atoms with Crippen LogP contribution in [0.3, 0.4) is 0 Å². The van der Waals surface area contributed by atoms with Gasteiger partial charge in [0, 0.05) is 36.4 Å². The molecular weight excluding hydrogens is 382 g/mol. The smallest absolute Gasteiger partial charge is 0.169 e. The number of benzene rings is 1. The van der Waals surface area contributed by atoms with Crippen molar-refractivity contribution in [1.82, 2.24) is 4.90 Å². The van der Waals surface area contributed by atoms with Crippen LogP contribution in [0.1, 0.15) is 49.7 Å². The van der Waals surface area contributed by atoms with Gasteiger partial charge in [0.05, 0.1) is 33.0 Å². The van der Waals surface area contributed by atoms with Gasteiger partial charge in [0.25, 0.3) is 0 Å². The van der Waals surface area contributed by atoms with Crippen molar-refractivity contribution in [3.63, 3.8) is 0 Å². The largest absolute Gasteiger partial charge is 0.493 e. The van der Waals surface area contributed by atoms with E-state index < -0.39 is 16.8 Å². The van der Waals surface area contributed by atoms with Crippen LogP contribution in [-0.2, 0) is 21.3 Å². The number of ether oxygens (including phenoxy) is 4. The minimum absolute atomic E-state index is 0.135. The van der Waals surface area contributed by atoms with Gasteiger partial charge in [0.2, 0.25) is 0 Å². The molecule has 1 unspecified atom stereocenters. The third-order valence-electron chi connectivity index (χ3n) is 8.63. The number of rotatable bonds is 4. The molecule has 2 aliphatic heterocycles. The first kappa shape index (κ1) is 19.4. The maximum Gasteiger partial charge on any atom is 0.169 e. The summed E-state index contributed by atoms with van der Waals surface area (Å²) in [6.45, 7) is 3.38. The maximum atomic E-state index is 12.5. The summed E-state index contributed by atoms with van der Waals surface area (Å²) in [5, 5.41) is 12.5. The van der Waals surface area contributed by atoms with Gasteiger partial charge in [-0.25, -0.2) is 0 Å². The molecule has 1 N–H and O–H groups in total. The molecule has 0 radical (unpaired) electrons. The second-order valence-corrected chi connectivity index (χ2v) is 10.0. The van der Waals surface area contributed by atoms with Crippen LogP contribution in [0.15, 0.2) is 12.1 Å². The molecule has 2 bridgehead atoms. The van der Waals surface area contributed by atoms with Crippen LogP contribution in [0, 0.1) is 5.92 Å². The molecular formula is C24H33NO5. The van der Waals surface area contributed by atoms with Crippen molar-refractivity contribution in [3.05, 3.63) is 23.3 Å². The molecule has 2 saturated carbocycles. The lowest BCUT2D eigenvalue weighted by molar-refractivity contribution is -0.259. The van der Waals surface area contributed by atoms with E-state index in [1.807, 2.05) is 6.07 Å². The normalized spacial score (nSPS) is 37.0. The van der Waals surface area contributed by atoms with Crippen LogP contribution in [-0.4, -0.2) is 68.0 Å². The fourth-order valence-electron chi connectivity index (χ4n) is 7.10. The Morgan fingerprint density at radius 3 is 2.60 bits per heavy atom. The van der Waals surface area contributed by atoms with E-state index in [1.165, 1.54) is 18.4 Å². The van der Waals surface area contributed by atoms with E-state index in [-0.39, 0.29) is 6.04 Å². The van der Waals surface area contributed by atoms with Gasteiger partial charge in [-0.2, -0.15) is 0 Å². The second kappa shape index (κ2) is 6.58. The van der Waals surface area contributed by atoms with E-state index in [4.69, 9.17) is 18.9 Å². The summed E-state index contributed by atoms with van der Waals surface area (Å²) in [7, 11) is 3.40. The van der Waals surface area contributed by atoms with Crippen LogP contribution in [0.2, 0.25) is 0 Å². The van der Waals surface area contributed by atoms with Gasteiger partial charge in [0.15, 0.2) is 17.3 Å². The minimum atomic E-state index is -0.812. The number of methoxy groups -OCH3 is 2. The molecule has 1 aromatic carbocycles. The van der Waals surface area contributed by atoms with E-state index in [9.17, 15) is 5.11 Å². The van der Waals surface area contributed by atoms with Crippen molar-refractivity contribution in [2.45, 2.75) is 67.8 Å². The van der Waals surface area contributed by atoms with Crippen LogP contribution in [0.5, 0.6) is 11.5 Å². The molecule has 5 aliphatic rings. The number of nitrogens with zero attached hydrogens (tertiary/aromatic N) is 1. The Labute approximate surface area is 178 Å². The zero-order valence-corrected chi connectivity index (χ0v) is 18.1. The number of aliphatic hydroxyl groups is 1. The summed E-state index contributed by atoms with van der Waals surface area (Å²) >= 11 is 0. The first-order valence-corrected chi connectivity index (χ1v) is 11.5. The second-order valence-electron chi connectivity index (χ2n) is 10.0. The molecule has 2 heterocycles. The lowest BCUT2D eigenvalue weighted by Gasteiger charge is -2.65. The zero-order chi connectivity index (χ0) is 20.6. The van der Waals surface area contributed by atoms with E-state index in [2.05, 4.69) is 11.0 Å². The molecule has 1 aromatic rings. The minimum Gasteiger partial charge on any atom is -0.493 e. The molecule has 3 atom stereocenters. The number of piperidine rings is 1. The number of hydrogen-bond acceptors (Lipinski definition) is 6. The Bertz CT molecular complexity index is 848. The summed E-state index contributed by atoms with van der Waals surface area (Å²) in [4.78, 5) is 2.59. The lowest BCUT2D eigenvalue weighted by Crippen LogP contribution is -2.75. The van der Waals surface area contributed by atoms with Crippen molar-refractivity contribution >= 4 is 0 Å². The van der Waals surface area contributed by atoms with Gasteiger partial charge in [0.1, 0.15) is 0 Å². The molecule has 30 heavy (non-hydrogen) atoms. The third kappa shape index (κ3) is 2.51. The molecule has 1 spiro atoms. The number of hydrogen-bond donors (Lipinski definition) is 1. The van der Waals surface area contributed by atoms with Crippen molar-refractivity contribution in [2.75, 3.05) is 40.5 Å². The average molecular weight is 416 g/mol. The SMILES string of the molecule is COc1ccc2c(c1OC)[C@]13CCN(CC4CC4)[C@H](C2)C1(O)CCC1(C3)OCCO1. The van der Waals surface area contributed by atoms with Gasteiger partial charge in [-0.15, -0.1) is 0 Å². The molecule has 2 saturated heterocycles. The van der Waals surface area contributed by atoms with Gasteiger partial charge < -0.3 is 24.1 Å². The maximum absolute atomic E-state index is 12.5. The first-order valence-electron chi connectivity index (χ1n) is 11.5. The van der Waals surface area contributed by atoms with Gasteiger partial charge >= 0.3 is 0 Å². The molecule has 164 valence electrons. The molecule has 0 amide bonds. The Morgan fingerprint density at radius 1 is 1.10 bits per heavy atom. The molecule has 6 rings (SSSR count). The van der Waals surface area contributed by atoms with Crippen molar-refractivity contribution in [1.29, 1.82) is 0 Å². The highest BCUT2D eigenvalue weighted by Crippen LogP contribution is 2.64. The van der Waals surface area contributed by atoms with Crippen LogP contribution >= 0.6 is 0 Å². The molecule has 6 nitrogen and oxygen atoms in total. The summed E-state index contributed by atoms with van der Waals surface area (Å²) in [5.74, 6) is 1.74. The van der Waals surface area contributed by atoms with Gasteiger partial charge in [-0.1, -0.05) is 6.07 Å². The predicted molar refractivity (Wildman–Crippen MR) is 111 cm³/mol. The Hall–Kier alpha value is -1.34. The van der Waals surface area contributed by atoms with E-state index in [1.54, 1.807) is 14.2 Å². The quantitative estimate of drug-likeness (QED) is 0.816. The van der Waals surface area contributed by atoms with Crippen molar-refractivity contribution in [3.8, 4) is 11.5 Å². The standard InChI is InChI=1S/C24H33NO5/c1-27-18-6-5-17-13-19-24(26)8-7-23(29-11-12-30-23)15-22(24,20(17)21(18)28-2)9-10-25(19)14-16-3-4-16/h5-6,16,19,26H,3-4,7-15H2,1-2H3/t19-,22-,24?/m1/s1. The summed E-state index contributed by atoms with van der Waals surface area (Å²) < 4.78 is 24.0. The molecule has 3 aliphatic carbocycles. The van der Waals surface area contributed by atoms with Crippen molar-refractivity contribution < 1.29 is 24.1 Å². The molecule has 0 aromatic heterocycles. The summed E-state index contributed by atoms with van der Waals surface area (Å²) in [6.07, 6.45) is 6.53. The van der Waals surface area contributed by atoms with E-state index >= 15 is 0 Å². The fraction of sp³-hybridized carbons (Fsp3) is 0.750. The van der Waals surface area contributed by atoms with Crippen molar-refractivity contribution in [2.24, 2.45) is 5.92 Å². The van der Waals surface area contributed by atoms with Crippen LogP contribution < -0.4 is 9.47 Å². The highest BCUT2D eigenvalue weighted by molar-refractivity contribution is 5.59. The average Bonchev–Trinajstić information content (AvgIpc) is 3.46. The monoisotopic (exact) mass is 415 g/mol. The number of fused-ring (bicyclic) bond motifs is 1. The Morgan fingerprint density at radius 2 is 1.90 bits per heavy atom. The highest BCUT2D eigenvalue weighted by atomic mass is 16.7. The third-order valence-corrected chi connectivity index (χ3v) is 8.63. The van der Waals surface area contributed by atoms with E-state index in [0.717, 1.165) is 55.3 Å². The zero-order valence-electron chi connectivity index (χ0n) is 18.1. The highest BCUT2D eigenvalue weighted by Gasteiger charge is 2.69. The Balaban J connectivity index is 1.53. The van der Waals surface area contributed by atoms with E-state index in [0.29, 0.717) is 26.1 Å². The fourth-order valence-corrected chi connectivity index (χ4v) is 7.10. The summed E-state index contributed by atoms with van der Waals surface area (Å²) in [6, 6.07) is 4.33. The van der Waals surface area contributed by atoms with Gasteiger partial charge in [-0.05, 0) is 56.2 Å². The summed E-state index contributed by atoms with van der Waals surface area (Å²) in [5.41, 5.74) is 1.14. The lowest BCUT2D eigenvalue weighted by atomic mass is 9.48. The topological polar surface area (TPSA) is 60.4 Å². The number of likely N-dealkylation sites (tertiary alicyclic amines) is 1. The molecule has 4 fully saturated rings. The van der Waals surface area contributed by atoms with Crippen LogP contribution in [0.25, 0.3) is 0 Å². The first-order chi connectivity index (χ1) is 14.5. The van der Waals surface area contributed by atoms with Crippen LogP contribution in [0.4, 0.5) is 0 Å². The predicted octanol–water partition coefficient (Wildman–Crippen LogP) is 2.64. The molecule has 6 heteroatoms.